The highest BCUT2D eigenvalue weighted by Crippen LogP contribution is 2.48. The van der Waals surface area contributed by atoms with Crippen LogP contribution in [0, 0.1) is 0 Å². The SMILES string of the molecule is CCCCCCC(CCCCCC)=C1c2ccccc2-c2ccc(O)cc21. The van der Waals surface area contributed by atoms with Crippen molar-refractivity contribution in [2.24, 2.45) is 0 Å². The molecule has 0 atom stereocenters. The van der Waals surface area contributed by atoms with Gasteiger partial charge in [-0.25, -0.2) is 0 Å². The van der Waals surface area contributed by atoms with Crippen molar-refractivity contribution >= 4 is 5.57 Å². The van der Waals surface area contributed by atoms with Crippen LogP contribution in [0.15, 0.2) is 48.0 Å². The van der Waals surface area contributed by atoms with Crippen molar-refractivity contribution in [2.45, 2.75) is 78.1 Å². The van der Waals surface area contributed by atoms with Crippen LogP contribution in [0.2, 0.25) is 0 Å². The lowest BCUT2D eigenvalue weighted by atomic mass is 9.90. The second-order valence-corrected chi connectivity index (χ2v) is 7.88. The van der Waals surface area contributed by atoms with Crippen LogP contribution in [0.4, 0.5) is 0 Å². The third-order valence-electron chi connectivity index (χ3n) is 5.78. The zero-order chi connectivity index (χ0) is 19.1. The molecule has 0 aromatic heterocycles. The van der Waals surface area contributed by atoms with Crippen LogP contribution in [0.25, 0.3) is 16.7 Å². The molecule has 1 heteroatoms. The van der Waals surface area contributed by atoms with Crippen molar-refractivity contribution in [2.75, 3.05) is 0 Å². The Morgan fingerprint density at radius 1 is 0.667 bits per heavy atom. The van der Waals surface area contributed by atoms with Gasteiger partial charge in [0.25, 0.3) is 0 Å². The molecular formula is C26H34O. The Bertz CT molecular complexity index is 771. The molecule has 0 spiro atoms. The highest BCUT2D eigenvalue weighted by atomic mass is 16.3. The van der Waals surface area contributed by atoms with E-state index >= 15 is 0 Å². The number of rotatable bonds is 10. The lowest BCUT2D eigenvalue weighted by molar-refractivity contribution is 0.475. The van der Waals surface area contributed by atoms with Crippen molar-refractivity contribution in [1.29, 1.82) is 0 Å². The van der Waals surface area contributed by atoms with Gasteiger partial charge in [-0.05, 0) is 65.6 Å². The van der Waals surface area contributed by atoms with E-state index in [1.165, 1.54) is 92.0 Å². The Hall–Kier alpha value is -2.02. The van der Waals surface area contributed by atoms with E-state index in [4.69, 9.17) is 0 Å². The summed E-state index contributed by atoms with van der Waals surface area (Å²) in [5.41, 5.74) is 8.19. The minimum Gasteiger partial charge on any atom is -0.508 e. The Morgan fingerprint density at radius 2 is 1.26 bits per heavy atom. The monoisotopic (exact) mass is 362 g/mol. The Labute approximate surface area is 165 Å². The molecule has 0 heterocycles. The van der Waals surface area contributed by atoms with E-state index in [9.17, 15) is 5.11 Å². The van der Waals surface area contributed by atoms with Crippen LogP contribution in [-0.2, 0) is 0 Å². The van der Waals surface area contributed by atoms with Crippen molar-refractivity contribution in [1.82, 2.24) is 0 Å². The maximum Gasteiger partial charge on any atom is 0.116 e. The second-order valence-electron chi connectivity index (χ2n) is 7.88. The van der Waals surface area contributed by atoms with Gasteiger partial charge in [0.15, 0.2) is 0 Å². The number of hydrogen-bond donors (Lipinski definition) is 1. The quantitative estimate of drug-likeness (QED) is 0.361. The molecule has 27 heavy (non-hydrogen) atoms. The van der Waals surface area contributed by atoms with Crippen LogP contribution in [0.1, 0.15) is 89.2 Å². The fourth-order valence-corrected chi connectivity index (χ4v) is 4.34. The average molecular weight is 363 g/mol. The predicted molar refractivity (Wildman–Crippen MR) is 117 cm³/mol. The second kappa shape index (κ2) is 9.78. The summed E-state index contributed by atoms with van der Waals surface area (Å²) in [4.78, 5) is 0. The first-order valence-corrected chi connectivity index (χ1v) is 10.9. The first-order chi connectivity index (χ1) is 13.3. The molecule has 1 aliphatic carbocycles. The van der Waals surface area contributed by atoms with E-state index in [0.29, 0.717) is 5.75 Å². The molecular weight excluding hydrogens is 328 g/mol. The number of phenols is 1. The molecule has 0 radical (unpaired) electrons. The molecule has 2 aromatic carbocycles. The number of phenolic OH excluding ortho intramolecular Hbond substituents is 1. The number of benzene rings is 2. The first kappa shape index (κ1) is 19.7. The topological polar surface area (TPSA) is 20.2 Å². The maximum absolute atomic E-state index is 10.1. The van der Waals surface area contributed by atoms with E-state index in [0.717, 1.165) is 0 Å². The summed E-state index contributed by atoms with van der Waals surface area (Å²) in [5.74, 6) is 0.371. The van der Waals surface area contributed by atoms with Crippen LogP contribution >= 0.6 is 0 Å². The van der Waals surface area contributed by atoms with Gasteiger partial charge >= 0.3 is 0 Å². The van der Waals surface area contributed by atoms with Crippen LogP contribution in [-0.4, -0.2) is 5.11 Å². The minimum absolute atomic E-state index is 0.371. The molecule has 1 N–H and O–H groups in total. The highest BCUT2D eigenvalue weighted by molar-refractivity contribution is 6.02. The standard InChI is InChI=1S/C26H34O/c1-3-5-7-9-13-20(14-10-8-6-4-2)26-24-16-12-11-15-22(24)23-18-17-21(27)19-25(23)26/h11-12,15-19,27H,3-10,13-14H2,1-2H3. The van der Waals surface area contributed by atoms with Gasteiger partial charge in [0.05, 0.1) is 0 Å². The van der Waals surface area contributed by atoms with Gasteiger partial charge in [-0.2, -0.15) is 0 Å². The summed E-state index contributed by atoms with van der Waals surface area (Å²) in [5, 5.41) is 10.1. The fraction of sp³-hybridized carbons (Fsp3) is 0.462. The van der Waals surface area contributed by atoms with E-state index in [2.05, 4.69) is 44.2 Å². The van der Waals surface area contributed by atoms with Gasteiger partial charge in [-0.15, -0.1) is 0 Å². The number of fused-ring (bicyclic) bond motifs is 3. The average Bonchev–Trinajstić information content (AvgIpc) is 3.00. The predicted octanol–water partition coefficient (Wildman–Crippen LogP) is 8.12. The summed E-state index contributed by atoms with van der Waals surface area (Å²) in [6.45, 7) is 4.55. The van der Waals surface area contributed by atoms with Gasteiger partial charge in [0.1, 0.15) is 5.75 Å². The molecule has 0 unspecified atom stereocenters. The number of allylic oxidation sites excluding steroid dienone is 1. The number of aromatic hydroxyl groups is 1. The smallest absolute Gasteiger partial charge is 0.116 e. The molecule has 0 saturated heterocycles. The molecule has 0 bridgehead atoms. The molecule has 1 aliphatic rings. The summed E-state index contributed by atoms with van der Waals surface area (Å²) in [6, 6.07) is 14.6. The van der Waals surface area contributed by atoms with Crippen molar-refractivity contribution in [3.8, 4) is 16.9 Å². The molecule has 0 aliphatic heterocycles. The molecule has 0 saturated carbocycles. The lowest BCUT2D eigenvalue weighted by Gasteiger charge is -2.14. The minimum atomic E-state index is 0.371. The summed E-state index contributed by atoms with van der Waals surface area (Å²) >= 11 is 0. The maximum atomic E-state index is 10.1. The zero-order valence-corrected chi connectivity index (χ0v) is 17.1. The van der Waals surface area contributed by atoms with E-state index in [1.54, 1.807) is 5.57 Å². The highest BCUT2D eigenvalue weighted by Gasteiger charge is 2.25. The van der Waals surface area contributed by atoms with Gasteiger partial charge in [0, 0.05) is 0 Å². The van der Waals surface area contributed by atoms with E-state index < -0.39 is 0 Å². The third kappa shape index (κ3) is 4.64. The molecule has 2 aromatic rings. The van der Waals surface area contributed by atoms with Crippen LogP contribution < -0.4 is 0 Å². The van der Waals surface area contributed by atoms with Crippen LogP contribution in [0.5, 0.6) is 5.75 Å². The molecule has 144 valence electrons. The number of unbranched alkanes of at least 4 members (excludes halogenated alkanes) is 6. The molecule has 1 nitrogen and oxygen atoms in total. The Kier molecular flexibility index (Phi) is 7.15. The Morgan fingerprint density at radius 3 is 1.89 bits per heavy atom. The molecule has 0 amide bonds. The first-order valence-electron chi connectivity index (χ1n) is 10.9. The normalized spacial score (nSPS) is 12.1. The third-order valence-corrected chi connectivity index (χ3v) is 5.78. The summed E-state index contributed by atoms with van der Waals surface area (Å²) in [6.07, 6.45) is 12.8. The van der Waals surface area contributed by atoms with Crippen LogP contribution in [0.3, 0.4) is 0 Å². The van der Waals surface area contributed by atoms with E-state index in [-0.39, 0.29) is 0 Å². The lowest BCUT2D eigenvalue weighted by Crippen LogP contribution is -1.94. The largest absolute Gasteiger partial charge is 0.508 e. The van der Waals surface area contributed by atoms with Gasteiger partial charge < -0.3 is 5.11 Å². The van der Waals surface area contributed by atoms with Crippen molar-refractivity contribution in [3.05, 3.63) is 59.2 Å². The molecule has 3 rings (SSSR count). The summed E-state index contributed by atoms with van der Waals surface area (Å²) < 4.78 is 0. The van der Waals surface area contributed by atoms with E-state index in [1.807, 2.05) is 12.1 Å². The fourth-order valence-electron chi connectivity index (χ4n) is 4.34. The van der Waals surface area contributed by atoms with Gasteiger partial charge in [0.2, 0.25) is 0 Å². The zero-order valence-electron chi connectivity index (χ0n) is 17.1. The van der Waals surface area contributed by atoms with Crippen molar-refractivity contribution in [3.63, 3.8) is 0 Å². The molecule has 0 fully saturated rings. The Balaban J connectivity index is 1.98. The number of hydrogen-bond acceptors (Lipinski definition) is 1. The van der Waals surface area contributed by atoms with Gasteiger partial charge in [-0.1, -0.05) is 88.3 Å². The van der Waals surface area contributed by atoms with Gasteiger partial charge in [-0.3, -0.25) is 0 Å². The van der Waals surface area contributed by atoms with Crippen molar-refractivity contribution < 1.29 is 5.11 Å². The summed E-state index contributed by atoms with van der Waals surface area (Å²) in [7, 11) is 0.